The molecule has 0 spiro atoms. The van der Waals surface area contributed by atoms with E-state index in [0.717, 1.165) is 7.11 Å². The molecule has 0 fully saturated rings. The largest absolute Gasteiger partial charge is 0.553 e. The minimum Gasteiger partial charge on any atom is -0.553 e. The molecule has 0 rings (SSSR count). The third-order valence-electron chi connectivity index (χ3n) is 4.40. The molecule has 0 saturated heterocycles. The minimum absolute atomic E-state index is 1.04. The van der Waals surface area contributed by atoms with Crippen LogP contribution >= 0.6 is 0 Å². The monoisotopic (exact) mass is 345 g/mol. The van der Waals surface area contributed by atoms with Crippen molar-refractivity contribution < 1.29 is 19.1 Å². The predicted octanol–water partition coefficient (Wildman–Crippen LogP) is 4.76. The van der Waals surface area contributed by atoms with Crippen LogP contribution in [0.3, 0.4) is 0 Å². The van der Waals surface area contributed by atoms with Gasteiger partial charge in [0, 0.05) is 7.11 Å². The van der Waals surface area contributed by atoms with Crippen molar-refractivity contribution in [3.05, 3.63) is 0 Å². The van der Waals surface area contributed by atoms with Crippen LogP contribution in [0.15, 0.2) is 0 Å². The van der Waals surface area contributed by atoms with Crippen LogP contribution in [0.25, 0.3) is 0 Å². The first-order chi connectivity index (χ1) is 11.4. The van der Waals surface area contributed by atoms with Crippen molar-refractivity contribution in [2.75, 3.05) is 34.3 Å². The zero-order chi connectivity index (χ0) is 18.7. The molecule has 0 saturated carbocycles. The van der Waals surface area contributed by atoms with E-state index in [-0.39, 0.29) is 0 Å². The van der Waals surface area contributed by atoms with Crippen LogP contribution in [0.2, 0.25) is 0 Å². The average Bonchev–Trinajstić information content (AvgIpc) is 2.54. The molecule has 0 amide bonds. The van der Waals surface area contributed by atoms with Gasteiger partial charge in [-0.15, -0.1) is 0 Å². The number of hydrogen-bond donors (Lipinski definition) is 0. The molecule has 0 aromatic rings. The van der Waals surface area contributed by atoms with E-state index >= 15 is 0 Å². The van der Waals surface area contributed by atoms with Crippen LogP contribution in [0.5, 0.6) is 0 Å². The topological polar surface area (TPSA) is 49.4 Å². The third kappa shape index (κ3) is 23.5. The molecule has 0 aromatic carbocycles. The fourth-order valence-electron chi connectivity index (χ4n) is 2.75. The van der Waals surface area contributed by atoms with Gasteiger partial charge in [0.1, 0.15) is 0 Å². The standard InChI is InChI=1S/C18H40N.C2H4O3/c1-5-7-9-11-13-15-17-19(3,4)18-16-14-12-10-8-6-2;1-5-2(3)4/h5-18H2,1-4H3;1H3,(H,3,4)/q+1;/p-1. The van der Waals surface area contributed by atoms with Gasteiger partial charge >= 0.3 is 0 Å². The second-order valence-corrected chi connectivity index (χ2v) is 7.37. The summed E-state index contributed by atoms with van der Waals surface area (Å²) in [4.78, 5) is 9.03. The molecule has 0 N–H and O–H groups in total. The summed E-state index contributed by atoms with van der Waals surface area (Å²) in [5.41, 5.74) is 0. The van der Waals surface area contributed by atoms with Crippen LogP contribution in [-0.2, 0) is 4.74 Å². The number of rotatable bonds is 14. The normalized spacial score (nSPS) is 10.9. The van der Waals surface area contributed by atoms with Gasteiger partial charge in [-0.05, 0) is 25.7 Å². The van der Waals surface area contributed by atoms with E-state index in [2.05, 4.69) is 32.7 Å². The number of carbonyl (C=O) groups excluding carboxylic acids is 1. The molecule has 24 heavy (non-hydrogen) atoms. The first-order valence-corrected chi connectivity index (χ1v) is 9.96. The molecule has 4 nitrogen and oxygen atoms in total. The molecule has 0 aromatic heterocycles. The second kappa shape index (κ2) is 18.6. The quantitative estimate of drug-likeness (QED) is 0.259. The Hall–Kier alpha value is -0.770. The molecule has 4 heteroatoms. The maximum absolute atomic E-state index is 9.03. The fourth-order valence-corrected chi connectivity index (χ4v) is 2.75. The Bertz CT molecular complexity index is 250. The van der Waals surface area contributed by atoms with Crippen molar-refractivity contribution in [1.82, 2.24) is 0 Å². The zero-order valence-corrected chi connectivity index (χ0v) is 17.1. The van der Waals surface area contributed by atoms with E-state index in [1.54, 1.807) is 0 Å². The number of carbonyl (C=O) groups is 1. The predicted molar refractivity (Wildman–Crippen MR) is 101 cm³/mol. The maximum atomic E-state index is 9.03. The number of ether oxygens (including phenoxy) is 1. The van der Waals surface area contributed by atoms with Crippen molar-refractivity contribution >= 4 is 6.16 Å². The molecule has 0 bridgehead atoms. The van der Waals surface area contributed by atoms with Crippen LogP contribution in [0.1, 0.15) is 90.9 Å². The number of carboxylic acid groups (broad SMARTS) is 1. The van der Waals surface area contributed by atoms with Crippen molar-refractivity contribution in [3.63, 3.8) is 0 Å². The van der Waals surface area contributed by atoms with Crippen molar-refractivity contribution in [2.24, 2.45) is 0 Å². The molecule has 0 radical (unpaired) electrons. The van der Waals surface area contributed by atoms with Gasteiger partial charge in [0.15, 0.2) is 0 Å². The molecule has 0 aliphatic heterocycles. The average molecular weight is 346 g/mol. The summed E-state index contributed by atoms with van der Waals surface area (Å²) in [7, 11) is 5.87. The summed E-state index contributed by atoms with van der Waals surface area (Å²) in [6, 6.07) is 0. The minimum atomic E-state index is -1.50. The molecule has 0 unspecified atom stereocenters. The Morgan fingerprint density at radius 1 is 0.750 bits per heavy atom. The SMILES string of the molecule is CCCCCCCC[N+](C)(C)CCCCCCCC.COC(=O)[O-]. The van der Waals surface area contributed by atoms with E-state index in [1.807, 2.05) is 0 Å². The van der Waals surface area contributed by atoms with Crippen LogP contribution in [-0.4, -0.2) is 44.9 Å². The smallest absolute Gasteiger partial charge is 0.251 e. The third-order valence-corrected chi connectivity index (χ3v) is 4.40. The van der Waals surface area contributed by atoms with E-state index in [4.69, 9.17) is 9.90 Å². The molecule has 0 atom stereocenters. The van der Waals surface area contributed by atoms with E-state index in [1.165, 1.54) is 94.6 Å². The molecule has 0 aliphatic carbocycles. The molecular weight excluding hydrogens is 302 g/mol. The summed E-state index contributed by atoms with van der Waals surface area (Å²) in [6.45, 7) is 7.34. The summed E-state index contributed by atoms with van der Waals surface area (Å²) in [6.07, 6.45) is 15.6. The highest BCUT2D eigenvalue weighted by atomic mass is 16.6. The van der Waals surface area contributed by atoms with Gasteiger partial charge in [-0.2, -0.15) is 0 Å². The summed E-state index contributed by atoms with van der Waals surface area (Å²) in [5, 5.41) is 9.03. The lowest BCUT2D eigenvalue weighted by molar-refractivity contribution is -0.890. The molecule has 146 valence electrons. The van der Waals surface area contributed by atoms with E-state index in [9.17, 15) is 0 Å². The number of methoxy groups -OCH3 is 1. The van der Waals surface area contributed by atoms with Gasteiger partial charge in [0.2, 0.25) is 0 Å². The number of unbranched alkanes of at least 4 members (excludes halogenated alkanes) is 10. The lowest BCUT2D eigenvalue weighted by Crippen LogP contribution is -2.41. The van der Waals surface area contributed by atoms with E-state index < -0.39 is 6.16 Å². The van der Waals surface area contributed by atoms with Crippen molar-refractivity contribution in [1.29, 1.82) is 0 Å². The summed E-state index contributed by atoms with van der Waals surface area (Å²) in [5.74, 6) is 0. The van der Waals surface area contributed by atoms with E-state index in [0.29, 0.717) is 0 Å². The van der Waals surface area contributed by atoms with Crippen LogP contribution < -0.4 is 5.11 Å². The van der Waals surface area contributed by atoms with Crippen molar-refractivity contribution in [3.8, 4) is 0 Å². The maximum Gasteiger partial charge on any atom is 0.251 e. The fraction of sp³-hybridized carbons (Fsp3) is 0.950. The number of quaternary nitrogens is 1. The van der Waals surface area contributed by atoms with Crippen LogP contribution in [0.4, 0.5) is 4.79 Å². The van der Waals surface area contributed by atoms with Gasteiger partial charge in [0.25, 0.3) is 6.16 Å². The molecular formula is C20H43NO3. The lowest BCUT2D eigenvalue weighted by atomic mass is 10.1. The Labute approximate surface area is 151 Å². The van der Waals surface area contributed by atoms with Gasteiger partial charge in [-0.25, -0.2) is 0 Å². The molecule has 0 aliphatic rings. The van der Waals surface area contributed by atoms with Crippen LogP contribution in [0, 0.1) is 0 Å². The first kappa shape index (κ1) is 25.5. The Morgan fingerprint density at radius 3 is 1.33 bits per heavy atom. The highest BCUT2D eigenvalue weighted by molar-refractivity contribution is 5.53. The van der Waals surface area contributed by atoms with Gasteiger partial charge in [-0.1, -0.05) is 65.2 Å². The molecule has 0 heterocycles. The second-order valence-electron chi connectivity index (χ2n) is 7.37. The first-order valence-electron chi connectivity index (χ1n) is 9.96. The Balaban J connectivity index is 0. The van der Waals surface area contributed by atoms with Gasteiger partial charge in [-0.3, -0.25) is 0 Å². The summed E-state index contributed by atoms with van der Waals surface area (Å²) < 4.78 is 4.79. The Morgan fingerprint density at radius 2 is 1.04 bits per heavy atom. The van der Waals surface area contributed by atoms with Gasteiger partial charge < -0.3 is 19.1 Å². The lowest BCUT2D eigenvalue weighted by Gasteiger charge is -2.30. The highest BCUT2D eigenvalue weighted by Crippen LogP contribution is 2.11. The summed E-state index contributed by atoms with van der Waals surface area (Å²) >= 11 is 0. The number of nitrogens with zero attached hydrogens (tertiary/aromatic N) is 1. The number of hydrogen-bond acceptors (Lipinski definition) is 3. The van der Waals surface area contributed by atoms with Gasteiger partial charge in [0.05, 0.1) is 27.2 Å². The van der Waals surface area contributed by atoms with Crippen molar-refractivity contribution in [2.45, 2.75) is 90.9 Å². The highest BCUT2D eigenvalue weighted by Gasteiger charge is 2.13. The Kier molecular flexibility index (Phi) is 19.7. The zero-order valence-electron chi connectivity index (χ0n) is 17.1.